The van der Waals surface area contributed by atoms with Crippen molar-refractivity contribution in [1.82, 2.24) is 25.0 Å². The van der Waals surface area contributed by atoms with Crippen LogP contribution in [0.4, 0.5) is 4.79 Å². The highest BCUT2D eigenvalue weighted by Crippen LogP contribution is 2.34. The van der Waals surface area contributed by atoms with Gasteiger partial charge in [0.05, 0.1) is 29.9 Å². The number of halogens is 1. The van der Waals surface area contributed by atoms with Crippen LogP contribution in [0.3, 0.4) is 0 Å². The third-order valence-corrected chi connectivity index (χ3v) is 5.23. The lowest BCUT2D eigenvalue weighted by atomic mass is 10.0. The molecule has 1 aliphatic heterocycles. The molecule has 0 atom stereocenters. The molecule has 2 aromatic heterocycles. The number of nitrogens with one attached hydrogen (secondary N) is 1. The Balaban J connectivity index is 1.91. The maximum Gasteiger partial charge on any atom is 0.315 e. The van der Waals surface area contributed by atoms with Crippen LogP contribution in [0.1, 0.15) is 36.8 Å². The fourth-order valence-electron chi connectivity index (χ4n) is 3.59. The zero-order valence-electron chi connectivity index (χ0n) is 17.1. The highest BCUT2D eigenvalue weighted by molar-refractivity contribution is 6.32. The number of carbonyl (C=O) groups is 2. The molecule has 4 rings (SSSR count). The number of para-hydroxylation sites is 1. The van der Waals surface area contributed by atoms with Crippen molar-refractivity contribution in [3.63, 3.8) is 0 Å². The van der Waals surface area contributed by atoms with E-state index in [0.717, 1.165) is 10.9 Å². The maximum atomic E-state index is 13.3. The number of nitrogens with zero attached hydrogens (tertiary/aromatic N) is 4. The first kappa shape index (κ1) is 20.2. The molecular formula is C21H23ClN6O2. The van der Waals surface area contributed by atoms with E-state index in [0.29, 0.717) is 35.6 Å². The molecular weight excluding hydrogens is 404 g/mol. The molecule has 0 saturated carbocycles. The fourth-order valence-corrected chi connectivity index (χ4v) is 3.83. The molecule has 30 heavy (non-hydrogen) atoms. The minimum absolute atomic E-state index is 0.202. The van der Waals surface area contributed by atoms with Crippen molar-refractivity contribution in [2.45, 2.75) is 39.4 Å². The van der Waals surface area contributed by atoms with E-state index in [1.54, 1.807) is 4.68 Å². The van der Waals surface area contributed by atoms with Gasteiger partial charge in [0.25, 0.3) is 5.91 Å². The third kappa shape index (κ3) is 3.70. The second-order valence-electron chi connectivity index (χ2n) is 8.38. The number of amides is 3. The van der Waals surface area contributed by atoms with E-state index in [-0.39, 0.29) is 17.6 Å². The van der Waals surface area contributed by atoms with Gasteiger partial charge in [-0.25, -0.2) is 9.78 Å². The molecule has 1 aliphatic rings. The monoisotopic (exact) mass is 426 g/mol. The van der Waals surface area contributed by atoms with E-state index >= 15 is 0 Å². The molecule has 0 fully saturated rings. The highest BCUT2D eigenvalue weighted by Gasteiger charge is 2.32. The zero-order chi connectivity index (χ0) is 21.6. The minimum Gasteiger partial charge on any atom is -0.351 e. The molecule has 3 aromatic rings. The Kier molecular flexibility index (Phi) is 4.89. The molecule has 0 saturated heterocycles. The number of hydrogen-bond acceptors (Lipinski definition) is 4. The number of benzene rings is 1. The van der Waals surface area contributed by atoms with Crippen LogP contribution in [0.5, 0.6) is 0 Å². The molecule has 0 spiro atoms. The van der Waals surface area contributed by atoms with Gasteiger partial charge in [0, 0.05) is 23.0 Å². The average molecular weight is 427 g/mol. The molecule has 8 nitrogen and oxygen atoms in total. The number of hydrogen-bond donors (Lipinski definition) is 2. The number of carbonyl (C=O) groups excluding carboxylic acids is 2. The Labute approximate surface area is 179 Å². The van der Waals surface area contributed by atoms with Crippen molar-refractivity contribution < 1.29 is 9.59 Å². The van der Waals surface area contributed by atoms with Gasteiger partial charge >= 0.3 is 6.03 Å². The molecule has 0 radical (unpaired) electrons. The number of fused-ring (bicyclic) bond motifs is 2. The van der Waals surface area contributed by atoms with Gasteiger partial charge in [-0.2, -0.15) is 5.10 Å². The van der Waals surface area contributed by atoms with Crippen LogP contribution in [-0.4, -0.2) is 43.7 Å². The first-order chi connectivity index (χ1) is 14.1. The van der Waals surface area contributed by atoms with Gasteiger partial charge in [-0.1, -0.05) is 29.8 Å². The molecule has 156 valence electrons. The van der Waals surface area contributed by atoms with Gasteiger partial charge in [0.15, 0.2) is 0 Å². The van der Waals surface area contributed by atoms with Crippen molar-refractivity contribution in [3.05, 3.63) is 46.7 Å². The zero-order valence-corrected chi connectivity index (χ0v) is 17.8. The van der Waals surface area contributed by atoms with E-state index in [2.05, 4.69) is 15.4 Å². The summed E-state index contributed by atoms with van der Waals surface area (Å²) in [4.78, 5) is 31.0. The highest BCUT2D eigenvalue weighted by atomic mass is 35.5. The van der Waals surface area contributed by atoms with Gasteiger partial charge in [-0.05, 0) is 32.9 Å². The standard InChI is InChI=1S/C21H23ClN6O2/c1-21(2,3)25-19(29)16-15-11-27(20(23)30)8-9-28(15)26-17(16)13-10-12-6-4-5-7-14(12)24-18(13)22/h4-7,10H,8-9,11H2,1-3H3,(H2,23,30)(H,25,29). The summed E-state index contributed by atoms with van der Waals surface area (Å²) in [7, 11) is 0. The Bertz CT molecular complexity index is 1160. The molecule has 0 bridgehead atoms. The molecule has 3 heterocycles. The van der Waals surface area contributed by atoms with Gasteiger partial charge in [-0.15, -0.1) is 0 Å². The minimum atomic E-state index is -0.531. The van der Waals surface area contributed by atoms with Crippen LogP contribution in [0.25, 0.3) is 22.2 Å². The number of urea groups is 1. The summed E-state index contributed by atoms with van der Waals surface area (Å²) in [5.74, 6) is -0.283. The van der Waals surface area contributed by atoms with Crippen molar-refractivity contribution in [2.75, 3.05) is 6.54 Å². The summed E-state index contributed by atoms with van der Waals surface area (Å²) in [6.07, 6.45) is 0. The summed E-state index contributed by atoms with van der Waals surface area (Å²) < 4.78 is 1.75. The fraction of sp³-hybridized carbons (Fsp3) is 0.333. The van der Waals surface area contributed by atoms with E-state index < -0.39 is 11.6 Å². The van der Waals surface area contributed by atoms with Gasteiger partial charge < -0.3 is 16.0 Å². The van der Waals surface area contributed by atoms with E-state index in [9.17, 15) is 9.59 Å². The predicted octanol–water partition coefficient (Wildman–Crippen LogP) is 3.17. The molecule has 3 amide bonds. The topological polar surface area (TPSA) is 106 Å². The lowest BCUT2D eigenvalue weighted by molar-refractivity contribution is 0.0916. The molecule has 3 N–H and O–H groups in total. The van der Waals surface area contributed by atoms with Crippen molar-refractivity contribution in [3.8, 4) is 11.3 Å². The van der Waals surface area contributed by atoms with E-state index in [1.807, 2.05) is 51.1 Å². The number of pyridine rings is 1. The molecule has 9 heteroatoms. The molecule has 0 aliphatic carbocycles. The van der Waals surface area contributed by atoms with Crippen LogP contribution < -0.4 is 11.1 Å². The van der Waals surface area contributed by atoms with Crippen LogP contribution in [-0.2, 0) is 13.1 Å². The Morgan fingerprint density at radius 1 is 1.20 bits per heavy atom. The maximum absolute atomic E-state index is 13.3. The molecule has 0 unspecified atom stereocenters. The third-order valence-electron chi connectivity index (χ3n) is 4.94. The average Bonchev–Trinajstić information content (AvgIpc) is 3.04. The number of aromatic nitrogens is 3. The predicted molar refractivity (Wildman–Crippen MR) is 115 cm³/mol. The quantitative estimate of drug-likeness (QED) is 0.613. The van der Waals surface area contributed by atoms with Crippen molar-refractivity contribution in [2.24, 2.45) is 5.73 Å². The van der Waals surface area contributed by atoms with Crippen LogP contribution in [0.2, 0.25) is 5.15 Å². The summed E-state index contributed by atoms with van der Waals surface area (Å²) >= 11 is 6.51. The number of primary amides is 1. The Morgan fingerprint density at radius 2 is 1.93 bits per heavy atom. The lowest BCUT2D eigenvalue weighted by Gasteiger charge is -2.27. The number of rotatable bonds is 2. The lowest BCUT2D eigenvalue weighted by Crippen LogP contribution is -2.44. The van der Waals surface area contributed by atoms with Gasteiger partial charge in [-0.3, -0.25) is 9.48 Å². The second-order valence-corrected chi connectivity index (χ2v) is 8.73. The smallest absolute Gasteiger partial charge is 0.315 e. The second kappa shape index (κ2) is 7.28. The first-order valence-electron chi connectivity index (χ1n) is 9.66. The number of nitrogens with two attached hydrogens (primary N) is 1. The van der Waals surface area contributed by atoms with E-state index in [1.165, 1.54) is 4.90 Å². The summed E-state index contributed by atoms with van der Waals surface area (Å²) in [5.41, 5.74) is 7.82. The largest absolute Gasteiger partial charge is 0.351 e. The van der Waals surface area contributed by atoms with Crippen LogP contribution in [0.15, 0.2) is 30.3 Å². The Morgan fingerprint density at radius 3 is 2.63 bits per heavy atom. The Hall–Kier alpha value is -3.13. The van der Waals surface area contributed by atoms with Crippen LogP contribution >= 0.6 is 11.6 Å². The van der Waals surface area contributed by atoms with Crippen molar-refractivity contribution in [1.29, 1.82) is 0 Å². The SMILES string of the molecule is CC(C)(C)NC(=O)c1c(-c2cc3ccccc3nc2Cl)nn2c1CN(C(N)=O)CC2. The van der Waals surface area contributed by atoms with Gasteiger partial charge in [0.1, 0.15) is 10.8 Å². The normalized spacial score (nSPS) is 13.9. The van der Waals surface area contributed by atoms with Gasteiger partial charge in [0.2, 0.25) is 0 Å². The summed E-state index contributed by atoms with van der Waals surface area (Å²) in [6, 6.07) is 8.97. The summed E-state index contributed by atoms with van der Waals surface area (Å²) in [6.45, 7) is 6.77. The van der Waals surface area contributed by atoms with E-state index in [4.69, 9.17) is 17.3 Å². The summed E-state index contributed by atoms with van der Waals surface area (Å²) in [5, 5.41) is 8.84. The first-order valence-corrected chi connectivity index (χ1v) is 10.0. The van der Waals surface area contributed by atoms with Crippen LogP contribution in [0, 0.1) is 0 Å². The molecule has 1 aromatic carbocycles. The van der Waals surface area contributed by atoms with Crippen molar-refractivity contribution >= 4 is 34.4 Å².